The zero-order valence-electron chi connectivity index (χ0n) is 13.7. The number of carbonyl (C=O) groups is 1. The van der Waals surface area contributed by atoms with E-state index in [-0.39, 0.29) is 5.91 Å². The molecule has 1 aromatic heterocycles. The van der Waals surface area contributed by atoms with Gasteiger partial charge in [0.25, 0.3) is 0 Å². The van der Waals surface area contributed by atoms with Crippen LogP contribution in [0.5, 0.6) is 0 Å². The van der Waals surface area contributed by atoms with Crippen LogP contribution in [0.15, 0.2) is 34.9 Å². The first kappa shape index (κ1) is 15.7. The smallest absolute Gasteiger partial charge is 0.227 e. The molecule has 2 fully saturated rings. The molecule has 1 spiro atoms. The van der Waals surface area contributed by atoms with Crippen molar-refractivity contribution in [1.82, 2.24) is 15.0 Å². The van der Waals surface area contributed by atoms with Crippen LogP contribution in [0.4, 0.5) is 0 Å². The van der Waals surface area contributed by atoms with Gasteiger partial charge in [-0.25, -0.2) is 0 Å². The van der Waals surface area contributed by atoms with E-state index in [1.54, 1.807) is 0 Å². The SMILES string of the molecule is Cc1cc(CN2CC3(C2)CN(C(=O)Cc2ccc(Cl)cc2)C3)no1. The second-order valence-electron chi connectivity index (χ2n) is 7.13. The summed E-state index contributed by atoms with van der Waals surface area (Å²) in [5, 5.41) is 4.73. The van der Waals surface area contributed by atoms with Gasteiger partial charge in [-0.15, -0.1) is 0 Å². The number of rotatable bonds is 4. The summed E-state index contributed by atoms with van der Waals surface area (Å²) in [5.74, 6) is 1.05. The Morgan fingerprint density at radius 2 is 1.96 bits per heavy atom. The zero-order valence-corrected chi connectivity index (χ0v) is 14.4. The number of likely N-dealkylation sites (tertiary alicyclic amines) is 2. The van der Waals surface area contributed by atoms with Crippen LogP contribution in [0.1, 0.15) is 17.0 Å². The first-order valence-corrected chi connectivity index (χ1v) is 8.56. The molecule has 24 heavy (non-hydrogen) atoms. The van der Waals surface area contributed by atoms with Crippen LogP contribution in [0.3, 0.4) is 0 Å². The summed E-state index contributed by atoms with van der Waals surface area (Å²) in [5.41, 5.74) is 2.30. The van der Waals surface area contributed by atoms with Crippen molar-refractivity contribution in [3.8, 4) is 0 Å². The van der Waals surface area contributed by atoms with Crippen molar-refractivity contribution < 1.29 is 9.32 Å². The molecule has 6 heteroatoms. The van der Waals surface area contributed by atoms with Gasteiger partial charge in [0.15, 0.2) is 0 Å². The monoisotopic (exact) mass is 345 g/mol. The topological polar surface area (TPSA) is 49.6 Å². The van der Waals surface area contributed by atoms with Crippen molar-refractivity contribution in [3.63, 3.8) is 0 Å². The Bertz CT molecular complexity index is 742. The van der Waals surface area contributed by atoms with Gasteiger partial charge in [0.1, 0.15) is 5.76 Å². The first-order chi connectivity index (χ1) is 11.5. The number of aromatic nitrogens is 1. The molecule has 2 saturated heterocycles. The van der Waals surface area contributed by atoms with E-state index < -0.39 is 0 Å². The molecule has 0 bridgehead atoms. The Hall–Kier alpha value is -1.85. The van der Waals surface area contributed by atoms with E-state index in [1.165, 1.54) is 0 Å². The molecule has 0 atom stereocenters. The van der Waals surface area contributed by atoms with E-state index in [4.69, 9.17) is 16.1 Å². The lowest BCUT2D eigenvalue weighted by atomic mass is 9.72. The molecule has 5 nitrogen and oxygen atoms in total. The van der Waals surface area contributed by atoms with Gasteiger partial charge in [-0.05, 0) is 24.6 Å². The molecule has 126 valence electrons. The van der Waals surface area contributed by atoms with E-state index in [2.05, 4.69) is 10.1 Å². The first-order valence-electron chi connectivity index (χ1n) is 8.18. The number of hydrogen-bond acceptors (Lipinski definition) is 4. The Kier molecular flexibility index (Phi) is 3.85. The van der Waals surface area contributed by atoms with Crippen LogP contribution in [0, 0.1) is 12.3 Å². The van der Waals surface area contributed by atoms with E-state index in [0.717, 1.165) is 49.7 Å². The maximum absolute atomic E-state index is 12.3. The molecule has 0 saturated carbocycles. The van der Waals surface area contributed by atoms with Crippen molar-refractivity contribution in [2.75, 3.05) is 26.2 Å². The second-order valence-corrected chi connectivity index (χ2v) is 7.56. The predicted molar refractivity (Wildman–Crippen MR) is 90.7 cm³/mol. The van der Waals surface area contributed by atoms with Gasteiger partial charge < -0.3 is 9.42 Å². The van der Waals surface area contributed by atoms with E-state index in [1.807, 2.05) is 42.2 Å². The third kappa shape index (κ3) is 3.06. The fourth-order valence-electron chi connectivity index (χ4n) is 3.76. The van der Waals surface area contributed by atoms with Gasteiger partial charge >= 0.3 is 0 Å². The summed E-state index contributed by atoms with van der Waals surface area (Å²) in [6, 6.07) is 9.48. The predicted octanol–water partition coefficient (Wildman–Crippen LogP) is 2.52. The number of amides is 1. The fourth-order valence-corrected chi connectivity index (χ4v) is 3.89. The number of nitrogens with zero attached hydrogens (tertiary/aromatic N) is 3. The van der Waals surface area contributed by atoms with Crippen LogP contribution < -0.4 is 0 Å². The molecule has 1 amide bonds. The molecule has 2 aromatic rings. The summed E-state index contributed by atoms with van der Waals surface area (Å²) in [6.45, 7) is 6.54. The molecule has 0 radical (unpaired) electrons. The third-order valence-electron chi connectivity index (χ3n) is 4.85. The normalized spacial score (nSPS) is 19.2. The second kappa shape index (κ2) is 5.90. The van der Waals surface area contributed by atoms with Crippen molar-refractivity contribution >= 4 is 17.5 Å². The van der Waals surface area contributed by atoms with Crippen molar-refractivity contribution in [3.05, 3.63) is 52.4 Å². The van der Waals surface area contributed by atoms with Crippen LogP contribution in [-0.2, 0) is 17.8 Å². The lowest BCUT2D eigenvalue weighted by Gasteiger charge is -2.60. The van der Waals surface area contributed by atoms with Gasteiger partial charge in [-0.3, -0.25) is 9.69 Å². The minimum Gasteiger partial charge on any atom is -0.361 e. The van der Waals surface area contributed by atoms with Crippen molar-refractivity contribution in [2.24, 2.45) is 5.41 Å². The van der Waals surface area contributed by atoms with Crippen LogP contribution in [0.25, 0.3) is 0 Å². The third-order valence-corrected chi connectivity index (χ3v) is 5.11. The molecule has 2 aliphatic heterocycles. The Morgan fingerprint density at radius 3 is 2.58 bits per heavy atom. The number of aryl methyl sites for hydroxylation is 1. The standard InChI is InChI=1S/C18H20ClN3O2/c1-13-6-16(20-24-13)8-21-9-18(10-21)11-22(12-18)17(23)7-14-2-4-15(19)5-3-14/h2-6H,7-12H2,1H3. The number of carbonyl (C=O) groups excluding carboxylic acids is 1. The lowest BCUT2D eigenvalue weighted by Crippen LogP contribution is -2.72. The maximum atomic E-state index is 12.3. The number of halogens is 1. The molecule has 3 heterocycles. The maximum Gasteiger partial charge on any atom is 0.227 e. The highest BCUT2D eigenvalue weighted by molar-refractivity contribution is 6.30. The van der Waals surface area contributed by atoms with E-state index in [9.17, 15) is 4.79 Å². The summed E-state index contributed by atoms with van der Waals surface area (Å²) >= 11 is 5.88. The summed E-state index contributed by atoms with van der Waals surface area (Å²) in [6.07, 6.45) is 0.454. The number of hydrogen-bond donors (Lipinski definition) is 0. The lowest BCUT2D eigenvalue weighted by molar-refractivity contribution is -0.159. The molecular formula is C18H20ClN3O2. The quantitative estimate of drug-likeness (QED) is 0.854. The average Bonchev–Trinajstić information content (AvgIpc) is 2.87. The Morgan fingerprint density at radius 1 is 1.25 bits per heavy atom. The van der Waals surface area contributed by atoms with Gasteiger partial charge in [0.05, 0.1) is 12.1 Å². The van der Waals surface area contributed by atoms with Crippen LogP contribution >= 0.6 is 11.6 Å². The molecule has 4 rings (SSSR count). The highest BCUT2D eigenvalue weighted by Gasteiger charge is 2.52. The summed E-state index contributed by atoms with van der Waals surface area (Å²) < 4.78 is 5.10. The minimum absolute atomic E-state index is 0.202. The minimum atomic E-state index is 0.202. The molecule has 0 unspecified atom stereocenters. The Labute approximate surface area is 146 Å². The van der Waals surface area contributed by atoms with Gasteiger partial charge in [0, 0.05) is 49.2 Å². The highest BCUT2D eigenvalue weighted by atomic mass is 35.5. The number of benzene rings is 1. The van der Waals surface area contributed by atoms with Crippen molar-refractivity contribution in [2.45, 2.75) is 19.9 Å². The van der Waals surface area contributed by atoms with Gasteiger partial charge in [0.2, 0.25) is 5.91 Å². The van der Waals surface area contributed by atoms with Gasteiger partial charge in [-0.2, -0.15) is 0 Å². The fraction of sp³-hybridized carbons (Fsp3) is 0.444. The van der Waals surface area contributed by atoms with E-state index in [0.29, 0.717) is 16.9 Å². The Balaban J connectivity index is 1.23. The molecular weight excluding hydrogens is 326 g/mol. The zero-order chi connectivity index (χ0) is 16.7. The summed E-state index contributed by atoms with van der Waals surface area (Å²) in [4.78, 5) is 16.7. The van der Waals surface area contributed by atoms with Crippen molar-refractivity contribution in [1.29, 1.82) is 0 Å². The van der Waals surface area contributed by atoms with Gasteiger partial charge in [-0.1, -0.05) is 28.9 Å². The molecule has 1 aromatic carbocycles. The highest BCUT2D eigenvalue weighted by Crippen LogP contribution is 2.40. The average molecular weight is 346 g/mol. The van der Waals surface area contributed by atoms with Crippen LogP contribution in [-0.4, -0.2) is 47.0 Å². The largest absolute Gasteiger partial charge is 0.361 e. The summed E-state index contributed by atoms with van der Waals surface area (Å²) in [7, 11) is 0. The molecule has 0 aliphatic carbocycles. The molecule has 0 N–H and O–H groups in total. The molecule has 2 aliphatic rings. The van der Waals surface area contributed by atoms with E-state index >= 15 is 0 Å². The van der Waals surface area contributed by atoms with Crippen LogP contribution in [0.2, 0.25) is 5.02 Å².